The first-order valence-corrected chi connectivity index (χ1v) is 9.30. The number of fused-ring (bicyclic) bond motifs is 1. The van der Waals surface area contributed by atoms with Crippen LogP contribution >= 0.6 is 0 Å². The van der Waals surface area contributed by atoms with Gasteiger partial charge in [-0.25, -0.2) is 9.98 Å². The normalized spacial score (nSPS) is 19.4. The second-order valence-electron chi connectivity index (χ2n) is 7.18. The van der Waals surface area contributed by atoms with Crippen LogP contribution in [0.15, 0.2) is 35.6 Å². The second-order valence-corrected chi connectivity index (χ2v) is 7.18. The zero-order valence-electron chi connectivity index (χ0n) is 15.7. The van der Waals surface area contributed by atoms with E-state index in [1.54, 1.807) is 24.4 Å². The van der Waals surface area contributed by atoms with Gasteiger partial charge in [0.25, 0.3) is 5.95 Å². The molecule has 1 atom stereocenters. The highest BCUT2D eigenvalue weighted by atomic mass is 19.4. The summed E-state index contributed by atoms with van der Waals surface area (Å²) in [5, 5.41) is 13.5. The molecule has 3 aromatic rings. The molecule has 0 saturated carbocycles. The van der Waals surface area contributed by atoms with Crippen molar-refractivity contribution >= 4 is 34.1 Å². The van der Waals surface area contributed by atoms with Gasteiger partial charge in [0.1, 0.15) is 11.4 Å². The Bertz CT molecular complexity index is 1040. The van der Waals surface area contributed by atoms with Crippen molar-refractivity contribution in [2.45, 2.75) is 25.9 Å². The number of aliphatic imine (C=N–C) groups is 1. The van der Waals surface area contributed by atoms with Crippen molar-refractivity contribution < 1.29 is 13.2 Å². The third kappa shape index (κ3) is 4.53. The van der Waals surface area contributed by atoms with Crippen molar-refractivity contribution in [2.24, 2.45) is 10.9 Å². The van der Waals surface area contributed by atoms with E-state index in [1.165, 1.54) is 0 Å². The molecule has 0 spiro atoms. The van der Waals surface area contributed by atoms with E-state index in [2.05, 4.69) is 42.7 Å². The molecule has 1 aliphatic heterocycles. The highest BCUT2D eigenvalue weighted by Gasteiger charge is 2.35. The van der Waals surface area contributed by atoms with Crippen LogP contribution in [0.3, 0.4) is 0 Å². The van der Waals surface area contributed by atoms with E-state index >= 15 is 0 Å². The van der Waals surface area contributed by atoms with Gasteiger partial charge in [-0.2, -0.15) is 23.3 Å². The Morgan fingerprint density at radius 1 is 1.24 bits per heavy atom. The summed E-state index contributed by atoms with van der Waals surface area (Å²) in [6.07, 6.45) is -0.492. The van der Waals surface area contributed by atoms with Gasteiger partial charge in [-0.3, -0.25) is 5.10 Å². The number of alkyl halides is 3. The van der Waals surface area contributed by atoms with Crippen LogP contribution in [0, 0.1) is 5.92 Å². The molecule has 1 unspecified atom stereocenters. The molecular formula is C19H20F3N7. The lowest BCUT2D eigenvalue weighted by molar-refractivity contribution is -0.137. The third-order valence-electron chi connectivity index (χ3n) is 4.79. The number of aromatic nitrogens is 4. The maximum atomic E-state index is 13.5. The van der Waals surface area contributed by atoms with Crippen LogP contribution in [0.5, 0.6) is 0 Å². The molecule has 0 aliphatic carbocycles. The smallest absolute Gasteiger partial charge is 0.340 e. The summed E-state index contributed by atoms with van der Waals surface area (Å²) in [5.41, 5.74) is 1.14. The van der Waals surface area contributed by atoms with E-state index in [1.807, 2.05) is 0 Å². The van der Waals surface area contributed by atoms with E-state index in [0.717, 1.165) is 42.2 Å². The number of hydrogen-bond donors (Lipinski definition) is 3. The predicted molar refractivity (Wildman–Crippen MR) is 105 cm³/mol. The fourth-order valence-corrected chi connectivity index (χ4v) is 3.19. The SMILES string of the molecule is CC1CC/C(=N/c2ncc(C(F)(F)F)c(Nc3ccc4[nH]ncc4c3)n2)CNC1. The maximum absolute atomic E-state index is 13.5. The summed E-state index contributed by atoms with van der Waals surface area (Å²) in [4.78, 5) is 12.3. The molecule has 2 aromatic heterocycles. The van der Waals surface area contributed by atoms with Gasteiger partial charge >= 0.3 is 6.18 Å². The molecule has 4 rings (SSSR count). The molecule has 3 heterocycles. The average Bonchev–Trinajstić information content (AvgIpc) is 3.03. The predicted octanol–water partition coefficient (Wildman–Crippen LogP) is 4.21. The van der Waals surface area contributed by atoms with Gasteiger partial charge < -0.3 is 10.6 Å². The van der Waals surface area contributed by atoms with E-state index in [-0.39, 0.29) is 11.8 Å². The minimum atomic E-state index is -4.59. The van der Waals surface area contributed by atoms with Crippen LogP contribution in [-0.4, -0.2) is 39.0 Å². The second kappa shape index (κ2) is 7.78. The largest absolute Gasteiger partial charge is 0.421 e. The average molecular weight is 403 g/mol. The van der Waals surface area contributed by atoms with Crippen LogP contribution in [0.25, 0.3) is 10.9 Å². The zero-order chi connectivity index (χ0) is 20.4. The lowest BCUT2D eigenvalue weighted by Gasteiger charge is -2.14. The topological polar surface area (TPSA) is 90.9 Å². The minimum absolute atomic E-state index is 0.0104. The van der Waals surface area contributed by atoms with Crippen LogP contribution in [0.4, 0.5) is 30.6 Å². The Morgan fingerprint density at radius 2 is 2.10 bits per heavy atom. The van der Waals surface area contributed by atoms with Crippen molar-refractivity contribution in [3.05, 3.63) is 36.2 Å². The lowest BCUT2D eigenvalue weighted by atomic mass is 10.1. The molecule has 3 N–H and O–H groups in total. The molecule has 29 heavy (non-hydrogen) atoms. The summed E-state index contributed by atoms with van der Waals surface area (Å²) in [7, 11) is 0. The molecule has 7 nitrogen and oxygen atoms in total. The first-order valence-electron chi connectivity index (χ1n) is 9.30. The van der Waals surface area contributed by atoms with Gasteiger partial charge in [0, 0.05) is 29.5 Å². The molecule has 10 heteroatoms. The number of H-pyrrole nitrogens is 1. The van der Waals surface area contributed by atoms with Crippen molar-refractivity contribution in [1.29, 1.82) is 0 Å². The van der Waals surface area contributed by atoms with Crippen LogP contribution in [0.2, 0.25) is 0 Å². The summed E-state index contributed by atoms with van der Waals surface area (Å²) >= 11 is 0. The number of halogens is 3. The number of benzene rings is 1. The lowest BCUT2D eigenvalue weighted by Crippen LogP contribution is -2.22. The minimum Gasteiger partial charge on any atom is -0.340 e. The highest BCUT2D eigenvalue weighted by molar-refractivity contribution is 5.88. The molecular weight excluding hydrogens is 383 g/mol. The first kappa shape index (κ1) is 19.3. The monoisotopic (exact) mass is 403 g/mol. The molecule has 0 amide bonds. The first-order chi connectivity index (χ1) is 13.9. The Morgan fingerprint density at radius 3 is 2.93 bits per heavy atom. The van der Waals surface area contributed by atoms with Crippen molar-refractivity contribution in [3.8, 4) is 0 Å². The molecule has 1 aromatic carbocycles. The van der Waals surface area contributed by atoms with Crippen LogP contribution < -0.4 is 10.6 Å². The fraction of sp³-hybridized carbons (Fsp3) is 0.368. The van der Waals surface area contributed by atoms with Crippen LogP contribution in [0.1, 0.15) is 25.3 Å². The van der Waals surface area contributed by atoms with Gasteiger partial charge in [0.2, 0.25) is 0 Å². The van der Waals surface area contributed by atoms with E-state index in [4.69, 9.17) is 0 Å². The maximum Gasteiger partial charge on any atom is 0.421 e. The molecule has 0 radical (unpaired) electrons. The zero-order valence-corrected chi connectivity index (χ0v) is 15.7. The fourth-order valence-electron chi connectivity index (χ4n) is 3.19. The van der Waals surface area contributed by atoms with Gasteiger partial charge in [-0.15, -0.1) is 0 Å². The number of rotatable bonds is 3. The molecule has 1 saturated heterocycles. The molecule has 152 valence electrons. The standard InChI is InChI=1S/C19H20F3N7/c1-11-2-3-14(9-23-7-11)27-18-24-10-15(19(20,21)22)17(28-18)26-13-4-5-16-12(6-13)8-25-29-16/h4-6,8,10-11,23H,2-3,7,9H2,1H3,(H,25,29)(H,24,26,28)/b27-14-. The van der Waals surface area contributed by atoms with Gasteiger partial charge in [-0.05, 0) is 43.5 Å². The molecule has 0 bridgehead atoms. The summed E-state index contributed by atoms with van der Waals surface area (Å²) < 4.78 is 40.4. The summed E-state index contributed by atoms with van der Waals surface area (Å²) in [5.74, 6) is 0.201. The van der Waals surface area contributed by atoms with Crippen molar-refractivity contribution in [1.82, 2.24) is 25.5 Å². The quantitative estimate of drug-likeness (QED) is 0.610. The van der Waals surface area contributed by atoms with Gasteiger partial charge in [0.15, 0.2) is 0 Å². The number of nitrogens with one attached hydrogen (secondary N) is 3. The molecule has 1 aliphatic rings. The Kier molecular flexibility index (Phi) is 5.18. The van der Waals surface area contributed by atoms with E-state index in [9.17, 15) is 13.2 Å². The highest BCUT2D eigenvalue weighted by Crippen LogP contribution is 2.35. The Labute approximate surface area is 164 Å². The Balaban J connectivity index is 1.67. The van der Waals surface area contributed by atoms with Crippen molar-refractivity contribution in [2.75, 3.05) is 18.4 Å². The van der Waals surface area contributed by atoms with E-state index in [0.29, 0.717) is 18.2 Å². The molecule has 1 fully saturated rings. The number of nitrogens with zero attached hydrogens (tertiary/aromatic N) is 4. The third-order valence-corrected chi connectivity index (χ3v) is 4.79. The van der Waals surface area contributed by atoms with Gasteiger partial charge in [-0.1, -0.05) is 6.92 Å². The number of aromatic amines is 1. The van der Waals surface area contributed by atoms with Crippen molar-refractivity contribution in [3.63, 3.8) is 0 Å². The van der Waals surface area contributed by atoms with Gasteiger partial charge in [0.05, 0.1) is 11.7 Å². The summed E-state index contributed by atoms with van der Waals surface area (Å²) in [6.45, 7) is 3.61. The van der Waals surface area contributed by atoms with E-state index < -0.39 is 11.7 Å². The number of hydrogen-bond acceptors (Lipinski definition) is 6. The summed E-state index contributed by atoms with van der Waals surface area (Å²) in [6, 6.07) is 5.09. The number of anilines is 2. The Hall–Kier alpha value is -3.01. The van der Waals surface area contributed by atoms with Crippen LogP contribution in [-0.2, 0) is 6.18 Å².